The summed E-state index contributed by atoms with van der Waals surface area (Å²) in [6.07, 6.45) is 1.52. The molecular formula is C13H19N3O3S2. The molecule has 2 aromatic heterocycles. The van der Waals surface area contributed by atoms with Crippen molar-refractivity contribution in [1.29, 1.82) is 0 Å². The lowest BCUT2D eigenvalue weighted by molar-refractivity contribution is 0.271. The number of aliphatic hydroxyl groups excluding tert-OH is 1. The van der Waals surface area contributed by atoms with Crippen molar-refractivity contribution in [3.63, 3.8) is 0 Å². The van der Waals surface area contributed by atoms with Gasteiger partial charge < -0.3 is 9.67 Å². The predicted octanol–water partition coefficient (Wildman–Crippen LogP) is 2.38. The lowest BCUT2D eigenvalue weighted by atomic mass is 10.2. The second-order valence-corrected chi connectivity index (χ2v) is 7.49. The second-order valence-electron chi connectivity index (χ2n) is 4.95. The third-order valence-electron chi connectivity index (χ3n) is 3.11. The monoisotopic (exact) mass is 329 g/mol. The Labute approximate surface area is 128 Å². The normalized spacial score (nSPS) is 12.0. The number of thiazole rings is 1. The maximum Gasteiger partial charge on any atom is 0.265 e. The molecule has 0 aliphatic rings. The molecule has 2 aromatic rings. The first-order valence-corrected chi connectivity index (χ1v) is 9.01. The molecule has 0 aromatic carbocycles. The van der Waals surface area contributed by atoms with Crippen molar-refractivity contribution in [3.05, 3.63) is 29.0 Å². The van der Waals surface area contributed by atoms with Crippen LogP contribution in [-0.2, 0) is 23.2 Å². The Morgan fingerprint density at radius 2 is 2.19 bits per heavy atom. The van der Waals surface area contributed by atoms with Crippen LogP contribution in [0, 0.1) is 0 Å². The summed E-state index contributed by atoms with van der Waals surface area (Å²) in [6.45, 7) is 6.29. The quantitative estimate of drug-likeness (QED) is 0.852. The molecule has 0 amide bonds. The molecular weight excluding hydrogens is 310 g/mol. The van der Waals surface area contributed by atoms with Crippen molar-refractivity contribution in [3.8, 4) is 0 Å². The number of nitrogens with one attached hydrogen (secondary N) is 1. The standard InChI is InChI=1S/C13H19N3O3S2/c1-4-16-6-11(5-10(16)7-17)21(18,19)15-13-14-12(8-20-13)9(2)3/h5-6,8-9,17H,4,7H2,1-3H3,(H,14,15). The van der Waals surface area contributed by atoms with E-state index in [0.717, 1.165) is 5.69 Å². The van der Waals surface area contributed by atoms with Gasteiger partial charge in [-0.05, 0) is 18.9 Å². The number of hydrogen-bond acceptors (Lipinski definition) is 5. The molecule has 0 aliphatic carbocycles. The van der Waals surface area contributed by atoms with E-state index in [1.165, 1.54) is 23.6 Å². The van der Waals surface area contributed by atoms with E-state index >= 15 is 0 Å². The van der Waals surface area contributed by atoms with Crippen LogP contribution in [-0.4, -0.2) is 23.1 Å². The summed E-state index contributed by atoms with van der Waals surface area (Å²) in [5.41, 5.74) is 1.43. The molecule has 0 radical (unpaired) electrons. The van der Waals surface area contributed by atoms with E-state index in [0.29, 0.717) is 17.4 Å². The highest BCUT2D eigenvalue weighted by Gasteiger charge is 2.20. The van der Waals surface area contributed by atoms with Crippen LogP contribution < -0.4 is 4.72 Å². The van der Waals surface area contributed by atoms with E-state index in [-0.39, 0.29) is 17.4 Å². The van der Waals surface area contributed by atoms with Gasteiger partial charge in [-0.1, -0.05) is 13.8 Å². The minimum atomic E-state index is -3.68. The fourth-order valence-corrected chi connectivity index (χ4v) is 4.06. The van der Waals surface area contributed by atoms with Crippen LogP contribution in [0.25, 0.3) is 0 Å². The summed E-state index contributed by atoms with van der Waals surface area (Å²) in [5, 5.41) is 11.4. The number of hydrogen-bond donors (Lipinski definition) is 2. The Morgan fingerprint density at radius 1 is 1.48 bits per heavy atom. The Hall–Kier alpha value is -1.38. The molecule has 0 atom stereocenters. The van der Waals surface area contributed by atoms with E-state index < -0.39 is 10.0 Å². The summed E-state index contributed by atoms with van der Waals surface area (Å²) >= 11 is 1.26. The molecule has 0 saturated heterocycles. The van der Waals surface area contributed by atoms with Crippen molar-refractivity contribution in [1.82, 2.24) is 9.55 Å². The van der Waals surface area contributed by atoms with Crippen LogP contribution in [0.15, 0.2) is 22.5 Å². The van der Waals surface area contributed by atoms with Gasteiger partial charge in [0.1, 0.15) is 4.90 Å². The average Bonchev–Trinajstić information content (AvgIpc) is 3.04. The van der Waals surface area contributed by atoms with Gasteiger partial charge in [-0.2, -0.15) is 0 Å². The van der Waals surface area contributed by atoms with Crippen molar-refractivity contribution in [2.45, 2.75) is 44.7 Å². The van der Waals surface area contributed by atoms with Crippen LogP contribution in [0.4, 0.5) is 5.13 Å². The Balaban J connectivity index is 2.27. The van der Waals surface area contributed by atoms with E-state index in [1.807, 2.05) is 26.2 Å². The van der Waals surface area contributed by atoms with Gasteiger partial charge in [0.2, 0.25) is 0 Å². The van der Waals surface area contributed by atoms with E-state index in [9.17, 15) is 13.5 Å². The van der Waals surface area contributed by atoms with Crippen LogP contribution in [0.5, 0.6) is 0 Å². The Kier molecular flexibility index (Phi) is 4.70. The number of aliphatic hydroxyl groups is 1. The molecule has 116 valence electrons. The average molecular weight is 329 g/mol. The van der Waals surface area contributed by atoms with Gasteiger partial charge in [-0.3, -0.25) is 4.72 Å². The highest BCUT2D eigenvalue weighted by atomic mass is 32.2. The smallest absolute Gasteiger partial charge is 0.265 e. The van der Waals surface area contributed by atoms with Gasteiger partial charge in [0, 0.05) is 23.8 Å². The van der Waals surface area contributed by atoms with Gasteiger partial charge in [-0.25, -0.2) is 13.4 Å². The van der Waals surface area contributed by atoms with E-state index in [2.05, 4.69) is 9.71 Å². The Morgan fingerprint density at radius 3 is 2.67 bits per heavy atom. The van der Waals surface area contributed by atoms with Crippen molar-refractivity contribution >= 4 is 26.5 Å². The first-order chi connectivity index (χ1) is 9.87. The van der Waals surface area contributed by atoms with Gasteiger partial charge in [0.25, 0.3) is 10.0 Å². The number of rotatable bonds is 6. The van der Waals surface area contributed by atoms with Crippen LogP contribution in [0.2, 0.25) is 0 Å². The zero-order chi connectivity index (χ0) is 15.6. The van der Waals surface area contributed by atoms with E-state index in [1.54, 1.807) is 4.57 Å². The molecule has 0 spiro atoms. The molecule has 0 saturated carbocycles. The minimum absolute atomic E-state index is 0.134. The van der Waals surface area contributed by atoms with Gasteiger partial charge in [-0.15, -0.1) is 11.3 Å². The third-order valence-corrected chi connectivity index (χ3v) is 5.32. The molecule has 0 unspecified atom stereocenters. The third kappa shape index (κ3) is 3.45. The lowest BCUT2D eigenvalue weighted by Gasteiger charge is -2.03. The molecule has 0 bridgehead atoms. The highest BCUT2D eigenvalue weighted by molar-refractivity contribution is 7.93. The topological polar surface area (TPSA) is 84.2 Å². The van der Waals surface area contributed by atoms with Gasteiger partial charge in [0.05, 0.1) is 12.3 Å². The number of nitrogens with zero attached hydrogens (tertiary/aromatic N) is 2. The molecule has 6 nitrogen and oxygen atoms in total. The number of sulfonamides is 1. The van der Waals surface area contributed by atoms with Crippen molar-refractivity contribution < 1.29 is 13.5 Å². The minimum Gasteiger partial charge on any atom is -0.390 e. The summed E-state index contributed by atoms with van der Waals surface area (Å²) in [7, 11) is -3.68. The van der Waals surface area contributed by atoms with E-state index in [4.69, 9.17) is 0 Å². The van der Waals surface area contributed by atoms with Crippen LogP contribution >= 0.6 is 11.3 Å². The number of aryl methyl sites for hydroxylation is 1. The molecule has 2 N–H and O–H groups in total. The second kappa shape index (κ2) is 6.17. The summed E-state index contributed by atoms with van der Waals surface area (Å²) in [4.78, 5) is 4.40. The zero-order valence-corrected chi connectivity index (χ0v) is 13.8. The SMILES string of the molecule is CCn1cc(S(=O)(=O)Nc2nc(C(C)C)cs2)cc1CO. The summed E-state index contributed by atoms with van der Waals surface area (Å²) in [6, 6.07) is 1.47. The predicted molar refractivity (Wildman–Crippen MR) is 83.0 cm³/mol. The molecule has 2 rings (SSSR count). The fraction of sp³-hybridized carbons (Fsp3) is 0.462. The van der Waals surface area contributed by atoms with Gasteiger partial charge >= 0.3 is 0 Å². The highest BCUT2D eigenvalue weighted by Crippen LogP contribution is 2.24. The van der Waals surface area contributed by atoms with Crippen LogP contribution in [0.1, 0.15) is 38.1 Å². The summed E-state index contributed by atoms with van der Waals surface area (Å²) in [5.74, 6) is 0.252. The molecule has 21 heavy (non-hydrogen) atoms. The fourth-order valence-electron chi connectivity index (χ4n) is 1.87. The summed E-state index contributed by atoms with van der Waals surface area (Å²) < 4.78 is 28.9. The van der Waals surface area contributed by atoms with Crippen LogP contribution in [0.3, 0.4) is 0 Å². The lowest BCUT2D eigenvalue weighted by Crippen LogP contribution is -2.12. The zero-order valence-electron chi connectivity index (χ0n) is 12.2. The number of anilines is 1. The molecule has 2 heterocycles. The molecule has 0 fully saturated rings. The first-order valence-electron chi connectivity index (χ1n) is 6.65. The molecule has 8 heteroatoms. The molecule has 0 aliphatic heterocycles. The van der Waals surface area contributed by atoms with Gasteiger partial charge in [0.15, 0.2) is 5.13 Å². The van der Waals surface area contributed by atoms with Crippen molar-refractivity contribution in [2.24, 2.45) is 0 Å². The number of aromatic nitrogens is 2. The largest absolute Gasteiger partial charge is 0.390 e. The first kappa shape index (κ1) is 16.0. The Bertz CT molecular complexity index is 695. The van der Waals surface area contributed by atoms with Crippen molar-refractivity contribution in [2.75, 3.05) is 4.72 Å². The maximum atomic E-state index is 12.3. The maximum absolute atomic E-state index is 12.3.